The van der Waals surface area contributed by atoms with Gasteiger partial charge in [0.15, 0.2) is 0 Å². The Morgan fingerprint density at radius 1 is 1.57 bits per heavy atom. The van der Waals surface area contributed by atoms with Gasteiger partial charge >= 0.3 is 0 Å². The normalized spacial score (nSPS) is 21.6. The SMILES string of the molecule is Cc1oc(-c2ccsc2)nc1CC(=O)N1CCCC(C)C1CO. The van der Waals surface area contributed by atoms with Crippen molar-refractivity contribution in [2.45, 2.75) is 39.2 Å². The van der Waals surface area contributed by atoms with Gasteiger partial charge in [0.25, 0.3) is 0 Å². The van der Waals surface area contributed by atoms with E-state index in [-0.39, 0.29) is 25.0 Å². The largest absolute Gasteiger partial charge is 0.441 e. The van der Waals surface area contributed by atoms with E-state index in [9.17, 15) is 9.90 Å². The molecule has 0 saturated carbocycles. The van der Waals surface area contributed by atoms with Crippen molar-refractivity contribution in [3.05, 3.63) is 28.3 Å². The van der Waals surface area contributed by atoms with Crippen LogP contribution in [0.5, 0.6) is 0 Å². The maximum absolute atomic E-state index is 12.7. The molecule has 1 fully saturated rings. The number of likely N-dealkylation sites (tertiary alicyclic amines) is 1. The van der Waals surface area contributed by atoms with Crippen LogP contribution in [0.3, 0.4) is 0 Å². The number of thiophene rings is 1. The third-order valence-corrected chi connectivity index (χ3v) is 5.29. The number of aliphatic hydroxyl groups is 1. The number of hydrogen-bond acceptors (Lipinski definition) is 5. The number of nitrogens with zero attached hydrogens (tertiary/aromatic N) is 2. The van der Waals surface area contributed by atoms with Gasteiger partial charge in [-0.05, 0) is 37.1 Å². The molecule has 0 bridgehead atoms. The van der Waals surface area contributed by atoms with Crippen LogP contribution in [0.4, 0.5) is 0 Å². The Hall–Kier alpha value is -1.66. The van der Waals surface area contributed by atoms with E-state index in [1.54, 1.807) is 11.3 Å². The topological polar surface area (TPSA) is 66.6 Å². The molecule has 0 aromatic carbocycles. The molecule has 23 heavy (non-hydrogen) atoms. The highest BCUT2D eigenvalue weighted by atomic mass is 32.1. The summed E-state index contributed by atoms with van der Waals surface area (Å²) in [6.07, 6.45) is 2.27. The maximum atomic E-state index is 12.7. The van der Waals surface area contributed by atoms with Gasteiger partial charge in [-0.2, -0.15) is 11.3 Å². The van der Waals surface area contributed by atoms with E-state index in [1.165, 1.54) is 0 Å². The van der Waals surface area contributed by atoms with Crippen LogP contribution in [0.2, 0.25) is 0 Å². The zero-order chi connectivity index (χ0) is 16.4. The number of carbonyl (C=O) groups excluding carboxylic acids is 1. The minimum atomic E-state index is -0.0835. The van der Waals surface area contributed by atoms with E-state index in [4.69, 9.17) is 4.42 Å². The molecular weight excluding hydrogens is 312 g/mol. The smallest absolute Gasteiger partial charge is 0.229 e. The minimum Gasteiger partial charge on any atom is -0.441 e. The lowest BCUT2D eigenvalue weighted by molar-refractivity contribution is -0.136. The monoisotopic (exact) mass is 334 g/mol. The molecule has 3 rings (SSSR count). The molecule has 3 heterocycles. The molecule has 1 aliphatic rings. The quantitative estimate of drug-likeness (QED) is 0.933. The predicted molar refractivity (Wildman–Crippen MR) is 89.2 cm³/mol. The van der Waals surface area contributed by atoms with Crippen LogP contribution in [0.1, 0.15) is 31.2 Å². The minimum absolute atomic E-state index is 0.0175. The highest BCUT2D eigenvalue weighted by molar-refractivity contribution is 7.08. The number of aliphatic hydroxyl groups excluding tert-OH is 1. The number of oxazole rings is 1. The van der Waals surface area contributed by atoms with Crippen molar-refractivity contribution in [3.63, 3.8) is 0 Å². The third kappa shape index (κ3) is 3.33. The first-order chi connectivity index (χ1) is 11.1. The van der Waals surface area contributed by atoms with E-state index >= 15 is 0 Å². The summed E-state index contributed by atoms with van der Waals surface area (Å²) in [7, 11) is 0. The molecule has 0 spiro atoms. The van der Waals surface area contributed by atoms with Crippen molar-refractivity contribution in [1.29, 1.82) is 0 Å². The second-order valence-electron chi connectivity index (χ2n) is 6.17. The first-order valence-electron chi connectivity index (χ1n) is 7.99. The fourth-order valence-corrected chi connectivity index (χ4v) is 3.81. The van der Waals surface area contributed by atoms with E-state index in [0.29, 0.717) is 29.8 Å². The second kappa shape index (κ2) is 6.84. The van der Waals surface area contributed by atoms with Crippen LogP contribution in [-0.4, -0.2) is 40.1 Å². The van der Waals surface area contributed by atoms with Crippen LogP contribution in [-0.2, 0) is 11.2 Å². The Kier molecular flexibility index (Phi) is 4.82. The van der Waals surface area contributed by atoms with E-state index in [1.807, 2.05) is 28.7 Å². The summed E-state index contributed by atoms with van der Waals surface area (Å²) in [5, 5.41) is 13.6. The average molecular weight is 334 g/mol. The van der Waals surface area contributed by atoms with Crippen molar-refractivity contribution >= 4 is 17.2 Å². The molecule has 6 heteroatoms. The molecule has 1 saturated heterocycles. The molecule has 2 atom stereocenters. The summed E-state index contributed by atoms with van der Waals surface area (Å²) in [5.41, 5.74) is 1.63. The number of carbonyl (C=O) groups is 1. The molecule has 2 unspecified atom stereocenters. The third-order valence-electron chi connectivity index (χ3n) is 4.60. The Bertz CT molecular complexity index is 665. The summed E-state index contributed by atoms with van der Waals surface area (Å²) < 4.78 is 5.70. The van der Waals surface area contributed by atoms with Crippen LogP contribution in [0.25, 0.3) is 11.5 Å². The standard InChI is InChI=1S/C17H22N2O3S/c1-11-4-3-6-19(15(11)9-20)16(21)8-14-12(2)22-17(18-14)13-5-7-23-10-13/h5,7,10-11,15,20H,3-4,6,8-9H2,1-2H3. The van der Waals surface area contributed by atoms with Gasteiger partial charge in [0, 0.05) is 17.5 Å². The summed E-state index contributed by atoms with van der Waals surface area (Å²) in [4.78, 5) is 19.0. The highest BCUT2D eigenvalue weighted by Gasteiger charge is 2.31. The Labute approximate surface area is 140 Å². The van der Waals surface area contributed by atoms with Crippen molar-refractivity contribution in [3.8, 4) is 11.5 Å². The molecule has 0 aliphatic carbocycles. The summed E-state index contributed by atoms with van der Waals surface area (Å²) in [5.74, 6) is 1.60. The number of aryl methyl sites for hydroxylation is 1. The van der Waals surface area contributed by atoms with Gasteiger partial charge in [-0.1, -0.05) is 6.92 Å². The molecule has 5 nitrogen and oxygen atoms in total. The summed E-state index contributed by atoms with van der Waals surface area (Å²) in [6, 6.07) is 1.87. The predicted octanol–water partition coefficient (Wildman–Crippen LogP) is 2.87. The maximum Gasteiger partial charge on any atom is 0.229 e. The number of hydrogen-bond donors (Lipinski definition) is 1. The van der Waals surface area contributed by atoms with Crippen LogP contribution in [0.15, 0.2) is 21.2 Å². The van der Waals surface area contributed by atoms with Crippen LogP contribution < -0.4 is 0 Å². The van der Waals surface area contributed by atoms with Crippen molar-refractivity contribution < 1.29 is 14.3 Å². The molecule has 124 valence electrons. The Morgan fingerprint density at radius 2 is 2.39 bits per heavy atom. The van der Waals surface area contributed by atoms with Crippen molar-refractivity contribution in [1.82, 2.24) is 9.88 Å². The van der Waals surface area contributed by atoms with Gasteiger partial charge in [-0.3, -0.25) is 4.79 Å². The Morgan fingerprint density at radius 3 is 3.09 bits per heavy atom. The zero-order valence-electron chi connectivity index (χ0n) is 13.5. The van der Waals surface area contributed by atoms with Gasteiger partial charge in [0.1, 0.15) is 5.76 Å². The van der Waals surface area contributed by atoms with Gasteiger partial charge in [0.2, 0.25) is 11.8 Å². The van der Waals surface area contributed by atoms with Crippen LogP contribution in [0, 0.1) is 12.8 Å². The van der Waals surface area contributed by atoms with E-state index in [0.717, 1.165) is 18.4 Å². The lowest BCUT2D eigenvalue weighted by atomic mass is 9.91. The van der Waals surface area contributed by atoms with Crippen LogP contribution >= 0.6 is 11.3 Å². The highest BCUT2D eigenvalue weighted by Crippen LogP contribution is 2.26. The Balaban J connectivity index is 1.75. The number of aromatic nitrogens is 1. The molecule has 1 N–H and O–H groups in total. The number of amides is 1. The van der Waals surface area contributed by atoms with Gasteiger partial charge < -0.3 is 14.4 Å². The first-order valence-corrected chi connectivity index (χ1v) is 8.93. The van der Waals surface area contributed by atoms with E-state index in [2.05, 4.69) is 11.9 Å². The fourth-order valence-electron chi connectivity index (χ4n) is 3.18. The lowest BCUT2D eigenvalue weighted by Gasteiger charge is -2.39. The summed E-state index contributed by atoms with van der Waals surface area (Å²) >= 11 is 1.59. The number of piperidine rings is 1. The molecular formula is C17H22N2O3S. The second-order valence-corrected chi connectivity index (χ2v) is 6.95. The van der Waals surface area contributed by atoms with Crippen molar-refractivity contribution in [2.75, 3.05) is 13.2 Å². The van der Waals surface area contributed by atoms with Gasteiger partial charge in [-0.15, -0.1) is 0 Å². The van der Waals surface area contributed by atoms with Gasteiger partial charge in [-0.25, -0.2) is 4.98 Å². The molecule has 2 aromatic heterocycles. The molecule has 1 aliphatic heterocycles. The van der Waals surface area contributed by atoms with Crippen molar-refractivity contribution in [2.24, 2.45) is 5.92 Å². The van der Waals surface area contributed by atoms with E-state index < -0.39 is 0 Å². The first kappa shape index (κ1) is 16.2. The fraction of sp³-hybridized carbons (Fsp3) is 0.529. The zero-order valence-corrected chi connectivity index (χ0v) is 14.3. The average Bonchev–Trinajstić information content (AvgIpc) is 3.17. The molecule has 0 radical (unpaired) electrons. The summed E-state index contributed by atoms with van der Waals surface area (Å²) in [6.45, 7) is 4.66. The molecule has 1 amide bonds. The molecule has 2 aromatic rings. The lowest BCUT2D eigenvalue weighted by Crippen LogP contribution is -2.50. The number of rotatable bonds is 4. The van der Waals surface area contributed by atoms with Gasteiger partial charge in [0.05, 0.1) is 24.8 Å².